The number of rotatable bonds is 9. The van der Waals surface area contributed by atoms with Crippen molar-refractivity contribution in [1.82, 2.24) is 24.5 Å². The number of halogens is 1. The molecule has 0 radical (unpaired) electrons. The summed E-state index contributed by atoms with van der Waals surface area (Å²) < 4.78 is 34.2. The van der Waals surface area contributed by atoms with E-state index in [2.05, 4.69) is 25.1 Å². The molecule has 0 aliphatic carbocycles. The highest BCUT2D eigenvalue weighted by molar-refractivity contribution is 7.98. The minimum Gasteiger partial charge on any atom is -0.493 e. The first-order valence-electron chi connectivity index (χ1n) is 11.1. The van der Waals surface area contributed by atoms with Crippen LogP contribution < -0.4 is 25.2 Å². The fourth-order valence-electron chi connectivity index (χ4n) is 3.62. The first kappa shape index (κ1) is 26.2. The van der Waals surface area contributed by atoms with Crippen molar-refractivity contribution >= 4 is 40.8 Å². The zero-order valence-corrected chi connectivity index (χ0v) is 21.7. The van der Waals surface area contributed by atoms with Crippen molar-refractivity contribution in [3.8, 4) is 17.3 Å². The van der Waals surface area contributed by atoms with E-state index in [1.165, 1.54) is 18.7 Å². The van der Waals surface area contributed by atoms with Gasteiger partial charge >= 0.3 is 11.7 Å². The molecule has 16 heteroatoms. The normalized spacial score (nSPS) is 12.4. The van der Waals surface area contributed by atoms with Crippen LogP contribution in [0.4, 0.5) is 10.1 Å². The largest absolute Gasteiger partial charge is 0.493 e. The van der Waals surface area contributed by atoms with Crippen LogP contribution in [0.2, 0.25) is 0 Å². The Hall–Kier alpha value is -4.41. The van der Waals surface area contributed by atoms with Crippen molar-refractivity contribution in [3.63, 3.8) is 0 Å². The van der Waals surface area contributed by atoms with Gasteiger partial charge in [0.05, 0.1) is 36.2 Å². The summed E-state index contributed by atoms with van der Waals surface area (Å²) in [6.45, 7) is 0.137. The van der Waals surface area contributed by atoms with Crippen molar-refractivity contribution in [3.05, 3.63) is 74.0 Å². The summed E-state index contributed by atoms with van der Waals surface area (Å²) in [6.07, 6.45) is 0. The number of amides is 1. The van der Waals surface area contributed by atoms with Gasteiger partial charge in [0, 0.05) is 17.3 Å². The number of anilines is 1. The molecule has 0 saturated heterocycles. The first-order chi connectivity index (χ1) is 18.9. The summed E-state index contributed by atoms with van der Waals surface area (Å²) in [5.74, 6) is -1.42. The third-order valence-electron chi connectivity index (χ3n) is 5.46. The van der Waals surface area contributed by atoms with Gasteiger partial charge in [0.25, 0.3) is 5.91 Å². The molecular formula is C23H19FN6O7S2. The maximum atomic E-state index is 14.9. The number of hydrogen-bond acceptors (Lipinski definition) is 11. The van der Waals surface area contributed by atoms with Crippen LogP contribution in [0, 0.1) is 5.82 Å². The zero-order chi connectivity index (χ0) is 27.5. The summed E-state index contributed by atoms with van der Waals surface area (Å²) >= 11 is 1.69. The minimum atomic E-state index is -1.21. The number of carboxylic acid groups (broad SMARTS) is 1. The summed E-state index contributed by atoms with van der Waals surface area (Å²) in [4.78, 5) is 42.7. The van der Waals surface area contributed by atoms with E-state index in [-0.39, 0.29) is 52.7 Å². The lowest BCUT2D eigenvalue weighted by atomic mass is 10.1. The molecule has 0 spiro atoms. The number of nitrogens with zero attached hydrogens (tertiary/aromatic N) is 3. The summed E-state index contributed by atoms with van der Waals surface area (Å²) in [5, 5.41) is 16.4. The van der Waals surface area contributed by atoms with Gasteiger partial charge in [-0.3, -0.25) is 14.5 Å². The number of nitrogens with one attached hydrogen (secondary N) is 3. The summed E-state index contributed by atoms with van der Waals surface area (Å²) in [6, 6.07) is 7.88. The number of thiazole rings is 1. The highest BCUT2D eigenvalue weighted by atomic mass is 32.2. The average Bonchev–Trinajstić information content (AvgIpc) is 3.58. The molecule has 5 rings (SSSR count). The van der Waals surface area contributed by atoms with E-state index in [1.807, 2.05) is 0 Å². The fourth-order valence-corrected chi connectivity index (χ4v) is 4.92. The number of benzene rings is 2. The highest BCUT2D eigenvalue weighted by Gasteiger charge is 2.24. The van der Waals surface area contributed by atoms with Gasteiger partial charge in [0.2, 0.25) is 0 Å². The van der Waals surface area contributed by atoms with E-state index in [0.29, 0.717) is 17.0 Å². The van der Waals surface area contributed by atoms with E-state index in [0.717, 1.165) is 28.0 Å². The number of ether oxygens (including phenoxy) is 3. The molecule has 39 heavy (non-hydrogen) atoms. The van der Waals surface area contributed by atoms with Crippen molar-refractivity contribution in [2.75, 3.05) is 19.2 Å². The second kappa shape index (κ2) is 11.1. The molecule has 2 aromatic heterocycles. The molecule has 0 bridgehead atoms. The Morgan fingerprint density at radius 3 is 2.87 bits per heavy atom. The molecule has 1 aliphatic rings. The van der Waals surface area contributed by atoms with Gasteiger partial charge in [-0.15, -0.1) is 16.4 Å². The van der Waals surface area contributed by atoms with E-state index in [1.54, 1.807) is 24.3 Å². The topological polar surface area (TPSA) is 170 Å². The number of carbonyl (C=O) groups excluding carboxylic acids is 1. The van der Waals surface area contributed by atoms with Gasteiger partial charge in [-0.1, -0.05) is 0 Å². The summed E-state index contributed by atoms with van der Waals surface area (Å²) in [7, 11) is 1.44. The number of aromatic amines is 1. The van der Waals surface area contributed by atoms with Gasteiger partial charge in [-0.2, -0.15) is 4.68 Å². The molecular weight excluding hydrogens is 555 g/mol. The van der Waals surface area contributed by atoms with E-state index in [9.17, 15) is 23.9 Å². The third kappa shape index (κ3) is 5.43. The second-order valence-electron chi connectivity index (χ2n) is 7.87. The SMILES string of the molecule is COc1cc(SNC(=O)c2ccc(NCc3nn(-c4ncsc4C(=O)O)c(=O)[nH]3)cc2)c(F)c2c1OCOC2. The molecule has 0 fully saturated rings. The summed E-state index contributed by atoms with van der Waals surface area (Å²) in [5.41, 5.74) is 1.86. The third-order valence-corrected chi connectivity index (χ3v) is 7.07. The molecule has 2 aromatic carbocycles. The number of aromatic carboxylic acids is 1. The Morgan fingerprint density at radius 1 is 1.33 bits per heavy atom. The Balaban J connectivity index is 1.20. The van der Waals surface area contributed by atoms with Crippen molar-refractivity contribution in [1.29, 1.82) is 0 Å². The fraction of sp³-hybridized carbons (Fsp3) is 0.174. The van der Waals surface area contributed by atoms with Crippen molar-refractivity contribution < 1.29 is 33.3 Å². The Kier molecular flexibility index (Phi) is 7.49. The molecule has 13 nitrogen and oxygen atoms in total. The van der Waals surface area contributed by atoms with Crippen LogP contribution in [-0.4, -0.2) is 50.6 Å². The smallest absolute Gasteiger partial charge is 0.349 e. The number of carboxylic acids is 1. The first-order valence-corrected chi connectivity index (χ1v) is 12.8. The minimum absolute atomic E-state index is 0.00169. The zero-order valence-electron chi connectivity index (χ0n) is 20.0. The standard InChI is InChI=1S/C23H19FN6O7S2/c1-35-14-6-15(17(24)13-8-36-10-37-18(13)14)39-29-21(31)11-2-4-12(5-3-11)25-7-16-27-23(34)30(28-16)20-19(22(32)33)38-9-26-20/h2-6,9,25H,7-8,10H2,1H3,(H,29,31)(H,32,33)(H,27,28,34). The van der Waals surface area contributed by atoms with Crippen molar-refractivity contribution in [2.45, 2.75) is 18.0 Å². The predicted molar refractivity (Wildman–Crippen MR) is 137 cm³/mol. The second-order valence-corrected chi connectivity index (χ2v) is 9.58. The lowest BCUT2D eigenvalue weighted by Gasteiger charge is -2.21. The van der Waals surface area contributed by atoms with Crippen LogP contribution in [0.5, 0.6) is 11.5 Å². The van der Waals surface area contributed by atoms with Crippen molar-refractivity contribution in [2.24, 2.45) is 0 Å². The van der Waals surface area contributed by atoms with Crippen LogP contribution in [0.25, 0.3) is 5.82 Å². The van der Waals surface area contributed by atoms with Crippen LogP contribution in [0.15, 0.2) is 45.5 Å². The molecule has 4 N–H and O–H groups in total. The van der Waals surface area contributed by atoms with Crippen LogP contribution in [0.3, 0.4) is 0 Å². The monoisotopic (exact) mass is 574 g/mol. The lowest BCUT2D eigenvalue weighted by molar-refractivity contribution is -0.0202. The predicted octanol–water partition coefficient (Wildman–Crippen LogP) is 2.78. The van der Waals surface area contributed by atoms with Gasteiger partial charge in [0.15, 0.2) is 34.8 Å². The Bertz CT molecular complexity index is 1600. The van der Waals surface area contributed by atoms with Crippen LogP contribution >= 0.6 is 23.3 Å². The van der Waals surface area contributed by atoms with Gasteiger partial charge < -0.3 is 24.6 Å². The lowest BCUT2D eigenvalue weighted by Crippen LogP contribution is -2.18. The maximum Gasteiger partial charge on any atom is 0.349 e. The number of carbonyl (C=O) groups is 2. The van der Waals surface area contributed by atoms with E-state index < -0.39 is 23.4 Å². The Morgan fingerprint density at radius 2 is 2.13 bits per heavy atom. The number of H-pyrrole nitrogens is 1. The van der Waals surface area contributed by atoms with Crippen LogP contribution in [-0.2, 0) is 17.9 Å². The Labute approximate surface area is 227 Å². The number of fused-ring (bicyclic) bond motifs is 1. The number of methoxy groups -OCH3 is 1. The van der Waals surface area contributed by atoms with Gasteiger partial charge in [-0.25, -0.2) is 19.0 Å². The molecule has 0 unspecified atom stereocenters. The van der Waals surface area contributed by atoms with Crippen LogP contribution in [0.1, 0.15) is 31.4 Å². The molecule has 3 heterocycles. The van der Waals surface area contributed by atoms with E-state index in [4.69, 9.17) is 14.2 Å². The van der Waals surface area contributed by atoms with Gasteiger partial charge in [0.1, 0.15) is 5.82 Å². The van der Waals surface area contributed by atoms with E-state index >= 15 is 0 Å². The molecule has 1 amide bonds. The molecule has 202 valence electrons. The average molecular weight is 575 g/mol. The number of aromatic nitrogens is 4. The quantitative estimate of drug-likeness (QED) is 0.217. The molecule has 0 saturated carbocycles. The maximum absolute atomic E-state index is 14.9. The van der Waals surface area contributed by atoms with Gasteiger partial charge in [-0.05, 0) is 36.2 Å². The molecule has 0 atom stereocenters. The molecule has 4 aromatic rings. The molecule has 1 aliphatic heterocycles. The highest BCUT2D eigenvalue weighted by Crippen LogP contribution is 2.40. The number of hydrogen-bond donors (Lipinski definition) is 4.